The first-order valence-corrected chi connectivity index (χ1v) is 8.35. The molecule has 6 heteroatoms. The number of aromatic nitrogens is 1. The third-order valence-electron chi connectivity index (χ3n) is 3.22. The van der Waals surface area contributed by atoms with Crippen LogP contribution in [0.25, 0.3) is 0 Å². The van der Waals surface area contributed by atoms with Crippen molar-refractivity contribution in [2.45, 2.75) is 40.5 Å². The number of thiazole rings is 1. The van der Waals surface area contributed by atoms with Crippen LogP contribution in [-0.4, -0.2) is 16.4 Å². The summed E-state index contributed by atoms with van der Waals surface area (Å²) in [4.78, 5) is 29.8. The van der Waals surface area contributed by atoms with Gasteiger partial charge in [-0.2, -0.15) is 0 Å². The molecule has 0 saturated carbocycles. The van der Waals surface area contributed by atoms with E-state index < -0.39 is 0 Å². The molecular weight excluding hydrogens is 312 g/mol. The Bertz CT molecular complexity index is 802. The van der Waals surface area contributed by atoms with Crippen molar-refractivity contribution in [3.8, 4) is 5.88 Å². The highest BCUT2D eigenvalue weighted by Gasteiger charge is 2.19. The van der Waals surface area contributed by atoms with Crippen LogP contribution in [0.1, 0.15) is 41.9 Å². The van der Waals surface area contributed by atoms with Crippen LogP contribution in [0.4, 0.5) is 5.69 Å². The van der Waals surface area contributed by atoms with Crippen molar-refractivity contribution >= 4 is 28.9 Å². The lowest BCUT2D eigenvalue weighted by molar-refractivity contribution is -0.134. The van der Waals surface area contributed by atoms with E-state index in [0.717, 1.165) is 16.1 Å². The summed E-state index contributed by atoms with van der Waals surface area (Å²) in [6.07, 6.45) is 0.549. The van der Waals surface area contributed by atoms with Crippen molar-refractivity contribution in [3.05, 3.63) is 39.5 Å². The molecular formula is C17H20N2O3S. The standard InChI is InChI=1S/C17H20N2O3S/c1-5-14(20)19-16(22-15(21)6-2)12(4)23-17(19)18-13-9-7-8-11(3)10-13/h7-10H,5-6H2,1-4H3. The van der Waals surface area contributed by atoms with E-state index in [-0.39, 0.29) is 24.2 Å². The van der Waals surface area contributed by atoms with Gasteiger partial charge < -0.3 is 4.74 Å². The van der Waals surface area contributed by atoms with E-state index in [0.29, 0.717) is 11.2 Å². The Morgan fingerprint density at radius 3 is 2.57 bits per heavy atom. The number of hydrogen-bond donors (Lipinski definition) is 0. The van der Waals surface area contributed by atoms with Gasteiger partial charge in [-0.05, 0) is 31.5 Å². The van der Waals surface area contributed by atoms with Crippen molar-refractivity contribution in [3.63, 3.8) is 0 Å². The molecule has 122 valence electrons. The molecule has 0 aliphatic rings. The molecule has 0 spiro atoms. The van der Waals surface area contributed by atoms with E-state index in [4.69, 9.17) is 4.74 Å². The second kappa shape index (κ2) is 7.37. The van der Waals surface area contributed by atoms with E-state index in [2.05, 4.69) is 4.99 Å². The van der Waals surface area contributed by atoms with Gasteiger partial charge in [0, 0.05) is 12.8 Å². The molecule has 2 aromatic rings. The molecule has 5 nitrogen and oxygen atoms in total. The van der Waals surface area contributed by atoms with Crippen molar-refractivity contribution in [2.75, 3.05) is 0 Å². The van der Waals surface area contributed by atoms with Gasteiger partial charge in [0.2, 0.25) is 11.8 Å². The number of nitrogens with zero attached hydrogens (tertiary/aromatic N) is 2. The minimum absolute atomic E-state index is 0.153. The molecule has 1 aromatic heterocycles. The highest BCUT2D eigenvalue weighted by Crippen LogP contribution is 2.22. The van der Waals surface area contributed by atoms with Crippen LogP contribution < -0.4 is 9.54 Å². The highest BCUT2D eigenvalue weighted by atomic mass is 32.1. The summed E-state index contributed by atoms with van der Waals surface area (Å²) in [6, 6.07) is 7.71. The molecule has 23 heavy (non-hydrogen) atoms. The molecule has 1 aromatic carbocycles. The number of ether oxygens (including phenoxy) is 1. The maximum Gasteiger partial charge on any atom is 0.312 e. The largest absolute Gasteiger partial charge is 0.408 e. The van der Waals surface area contributed by atoms with Crippen LogP contribution in [0.3, 0.4) is 0 Å². The number of esters is 1. The highest BCUT2D eigenvalue weighted by molar-refractivity contribution is 7.09. The zero-order valence-electron chi connectivity index (χ0n) is 13.8. The van der Waals surface area contributed by atoms with Crippen LogP contribution in [0.2, 0.25) is 0 Å². The second-order valence-electron chi connectivity index (χ2n) is 5.11. The van der Waals surface area contributed by atoms with Crippen LogP contribution in [0.5, 0.6) is 5.88 Å². The number of carbonyl (C=O) groups excluding carboxylic acids is 2. The van der Waals surface area contributed by atoms with E-state index in [1.807, 2.05) is 38.1 Å². The third-order valence-corrected chi connectivity index (χ3v) is 4.15. The predicted octanol–water partition coefficient (Wildman–Crippen LogP) is 3.76. The fourth-order valence-corrected chi connectivity index (χ4v) is 2.95. The molecule has 0 bridgehead atoms. The molecule has 0 N–H and O–H groups in total. The van der Waals surface area contributed by atoms with E-state index in [1.54, 1.807) is 13.8 Å². The molecule has 0 aliphatic heterocycles. The van der Waals surface area contributed by atoms with Crippen LogP contribution >= 0.6 is 11.3 Å². The Morgan fingerprint density at radius 2 is 1.96 bits per heavy atom. The van der Waals surface area contributed by atoms with Crippen LogP contribution in [0, 0.1) is 13.8 Å². The average Bonchev–Trinajstić information content (AvgIpc) is 2.82. The van der Waals surface area contributed by atoms with Crippen molar-refractivity contribution in [1.82, 2.24) is 4.57 Å². The van der Waals surface area contributed by atoms with Gasteiger partial charge in [-0.15, -0.1) is 0 Å². The Labute approximate surface area is 139 Å². The summed E-state index contributed by atoms with van der Waals surface area (Å²) in [6.45, 7) is 7.29. The zero-order chi connectivity index (χ0) is 17.0. The van der Waals surface area contributed by atoms with E-state index >= 15 is 0 Å². The Balaban J connectivity index is 2.62. The Morgan fingerprint density at radius 1 is 1.22 bits per heavy atom. The molecule has 0 radical (unpaired) electrons. The monoisotopic (exact) mass is 332 g/mol. The number of aryl methyl sites for hydroxylation is 2. The van der Waals surface area contributed by atoms with Gasteiger partial charge in [0.25, 0.3) is 0 Å². The van der Waals surface area contributed by atoms with E-state index in [9.17, 15) is 9.59 Å². The topological polar surface area (TPSA) is 60.7 Å². The Kier molecular flexibility index (Phi) is 5.50. The lowest BCUT2D eigenvalue weighted by Crippen LogP contribution is -2.24. The quantitative estimate of drug-likeness (QED) is 0.801. The summed E-state index contributed by atoms with van der Waals surface area (Å²) < 4.78 is 6.74. The fourth-order valence-electron chi connectivity index (χ4n) is 2.03. The summed E-state index contributed by atoms with van der Waals surface area (Å²) in [5, 5.41) is 0. The first kappa shape index (κ1) is 17.1. The second-order valence-corrected chi connectivity index (χ2v) is 6.29. The smallest absolute Gasteiger partial charge is 0.312 e. The van der Waals surface area contributed by atoms with Gasteiger partial charge in [-0.3, -0.25) is 9.59 Å². The first-order chi connectivity index (χ1) is 11.0. The number of benzene rings is 1. The Hall–Kier alpha value is -2.21. The number of rotatable bonds is 4. The maximum absolute atomic E-state index is 12.3. The summed E-state index contributed by atoms with van der Waals surface area (Å²) in [7, 11) is 0. The van der Waals surface area contributed by atoms with Crippen LogP contribution in [0.15, 0.2) is 29.3 Å². The van der Waals surface area contributed by atoms with Crippen molar-refractivity contribution in [2.24, 2.45) is 4.99 Å². The predicted molar refractivity (Wildman–Crippen MR) is 90.3 cm³/mol. The lowest BCUT2D eigenvalue weighted by Gasteiger charge is -2.07. The molecule has 0 amide bonds. The van der Waals surface area contributed by atoms with Gasteiger partial charge in [0.1, 0.15) is 0 Å². The van der Waals surface area contributed by atoms with Gasteiger partial charge in [0.15, 0.2) is 4.80 Å². The van der Waals surface area contributed by atoms with Gasteiger partial charge in [-0.25, -0.2) is 9.56 Å². The van der Waals surface area contributed by atoms with E-state index in [1.165, 1.54) is 15.9 Å². The maximum atomic E-state index is 12.3. The molecule has 2 rings (SSSR count). The average molecular weight is 332 g/mol. The molecule has 0 unspecified atom stereocenters. The molecule has 0 saturated heterocycles. The van der Waals surface area contributed by atoms with Gasteiger partial charge >= 0.3 is 5.97 Å². The first-order valence-electron chi connectivity index (χ1n) is 7.54. The molecule has 0 fully saturated rings. The fraction of sp³-hybridized carbons (Fsp3) is 0.353. The molecule has 1 heterocycles. The zero-order valence-corrected chi connectivity index (χ0v) is 14.6. The summed E-state index contributed by atoms with van der Waals surface area (Å²) >= 11 is 1.34. The van der Waals surface area contributed by atoms with Gasteiger partial charge in [0.05, 0.1) is 10.6 Å². The molecule has 0 aliphatic carbocycles. The lowest BCUT2D eigenvalue weighted by atomic mass is 10.2. The van der Waals surface area contributed by atoms with Gasteiger partial charge in [-0.1, -0.05) is 37.3 Å². The van der Waals surface area contributed by atoms with Crippen molar-refractivity contribution in [1.29, 1.82) is 0 Å². The summed E-state index contributed by atoms with van der Waals surface area (Å²) in [5.74, 6) is -0.245. The normalized spacial score (nSPS) is 11.6. The molecule has 0 atom stereocenters. The van der Waals surface area contributed by atoms with Crippen molar-refractivity contribution < 1.29 is 14.3 Å². The number of hydrogen-bond acceptors (Lipinski definition) is 5. The van der Waals surface area contributed by atoms with Crippen LogP contribution in [-0.2, 0) is 4.79 Å². The minimum atomic E-state index is -0.370. The number of carbonyl (C=O) groups is 2. The third kappa shape index (κ3) is 3.96. The summed E-state index contributed by atoms with van der Waals surface area (Å²) in [5.41, 5.74) is 1.85. The minimum Gasteiger partial charge on any atom is -0.408 e. The SMILES string of the molecule is CCC(=O)Oc1c(C)sc(=Nc2cccc(C)c2)n1C(=O)CC.